The summed E-state index contributed by atoms with van der Waals surface area (Å²) in [6.07, 6.45) is -4.20. The van der Waals surface area contributed by atoms with Crippen molar-refractivity contribution >= 4 is 17.5 Å². The summed E-state index contributed by atoms with van der Waals surface area (Å²) in [6.45, 7) is -0.0190. The lowest BCUT2D eigenvalue weighted by molar-refractivity contribution is -0.152. The number of carbonyl (C=O) groups excluding carboxylic acids is 2. The Hall–Kier alpha value is -2.16. The average Bonchev–Trinajstić information content (AvgIpc) is 2.96. The topological polar surface area (TPSA) is 43.9 Å². The Labute approximate surface area is 148 Å². The van der Waals surface area contributed by atoms with Crippen molar-refractivity contribution in [2.24, 2.45) is 5.92 Å². The van der Waals surface area contributed by atoms with Crippen LogP contribution in [0.3, 0.4) is 0 Å². The van der Waals surface area contributed by atoms with E-state index in [0.29, 0.717) is 5.69 Å². The third-order valence-corrected chi connectivity index (χ3v) is 4.70. The zero-order valence-corrected chi connectivity index (χ0v) is 14.0. The van der Waals surface area contributed by atoms with Crippen LogP contribution in [0.2, 0.25) is 0 Å². The van der Waals surface area contributed by atoms with Gasteiger partial charge in [-0.1, -0.05) is 0 Å². The smallest absolute Gasteiger partial charge is 0.340 e. The number of nitrogens with zero attached hydrogens (tertiary/aromatic N) is 3. The van der Waals surface area contributed by atoms with E-state index in [0.717, 1.165) is 0 Å². The van der Waals surface area contributed by atoms with Crippen LogP contribution in [-0.4, -0.2) is 67.1 Å². The third kappa shape index (κ3) is 4.32. The van der Waals surface area contributed by atoms with Crippen LogP contribution in [-0.2, 0) is 9.59 Å². The Bertz CT molecular complexity index is 670. The van der Waals surface area contributed by atoms with E-state index >= 15 is 0 Å². The molecule has 2 aliphatic heterocycles. The van der Waals surface area contributed by atoms with E-state index in [1.54, 1.807) is 0 Å². The highest BCUT2D eigenvalue weighted by Crippen LogP contribution is 2.27. The van der Waals surface area contributed by atoms with Crippen LogP contribution in [0.25, 0.3) is 0 Å². The summed E-state index contributed by atoms with van der Waals surface area (Å²) < 4.78 is 50.3. The SMILES string of the molecule is O=C(C1CC(=O)N(c2ccc(F)cc2)C1)N1CCN(CC(F)(F)F)CC1. The van der Waals surface area contributed by atoms with Gasteiger partial charge in [0.2, 0.25) is 11.8 Å². The predicted molar refractivity (Wildman–Crippen MR) is 85.9 cm³/mol. The molecular formula is C17H19F4N3O2. The summed E-state index contributed by atoms with van der Waals surface area (Å²) in [5.41, 5.74) is 0.529. The second-order valence-corrected chi connectivity index (χ2v) is 6.60. The Morgan fingerprint density at radius 1 is 1.08 bits per heavy atom. The average molecular weight is 373 g/mol. The van der Waals surface area contributed by atoms with Crippen molar-refractivity contribution in [2.45, 2.75) is 12.6 Å². The standard InChI is InChI=1S/C17H19F4N3O2/c18-13-1-3-14(4-2-13)24-10-12(9-15(24)25)16(26)23-7-5-22(6-8-23)11-17(19,20)21/h1-4,12H,5-11H2. The lowest BCUT2D eigenvalue weighted by Crippen LogP contribution is -2.52. The van der Waals surface area contributed by atoms with Gasteiger partial charge in [0.25, 0.3) is 0 Å². The number of piperazine rings is 1. The van der Waals surface area contributed by atoms with Gasteiger partial charge in [-0.2, -0.15) is 13.2 Å². The Morgan fingerprint density at radius 3 is 2.27 bits per heavy atom. The maximum Gasteiger partial charge on any atom is 0.401 e. The molecule has 0 saturated carbocycles. The van der Waals surface area contributed by atoms with Gasteiger partial charge in [-0.3, -0.25) is 14.5 Å². The number of benzene rings is 1. The number of alkyl halides is 3. The van der Waals surface area contributed by atoms with Crippen LogP contribution in [0, 0.1) is 11.7 Å². The number of anilines is 1. The number of hydrogen-bond acceptors (Lipinski definition) is 3. The van der Waals surface area contributed by atoms with E-state index < -0.39 is 24.5 Å². The van der Waals surface area contributed by atoms with E-state index in [4.69, 9.17) is 0 Å². The van der Waals surface area contributed by atoms with Gasteiger partial charge in [-0.25, -0.2) is 4.39 Å². The minimum Gasteiger partial charge on any atom is -0.340 e. The number of rotatable bonds is 3. The monoisotopic (exact) mass is 373 g/mol. The van der Waals surface area contributed by atoms with Gasteiger partial charge in [-0.05, 0) is 24.3 Å². The molecule has 3 rings (SSSR count). The van der Waals surface area contributed by atoms with E-state index in [1.807, 2.05) is 0 Å². The van der Waals surface area contributed by atoms with Crippen molar-refractivity contribution < 1.29 is 27.2 Å². The normalized spacial score (nSPS) is 22.2. The van der Waals surface area contributed by atoms with Crippen LogP contribution in [0.1, 0.15) is 6.42 Å². The predicted octanol–water partition coefficient (Wildman–Crippen LogP) is 1.89. The van der Waals surface area contributed by atoms with Crippen LogP contribution < -0.4 is 4.90 Å². The fraction of sp³-hybridized carbons (Fsp3) is 0.529. The summed E-state index contributed by atoms with van der Waals surface area (Å²) in [4.78, 5) is 29.1. The quantitative estimate of drug-likeness (QED) is 0.760. The fourth-order valence-electron chi connectivity index (χ4n) is 3.38. The summed E-state index contributed by atoms with van der Waals surface area (Å²) in [6, 6.07) is 5.46. The van der Waals surface area contributed by atoms with Gasteiger partial charge in [-0.15, -0.1) is 0 Å². The summed E-state index contributed by atoms with van der Waals surface area (Å²) in [7, 11) is 0. The molecule has 9 heteroatoms. The molecule has 0 radical (unpaired) electrons. The Balaban J connectivity index is 1.56. The fourth-order valence-corrected chi connectivity index (χ4v) is 3.38. The first-order valence-electron chi connectivity index (χ1n) is 8.37. The molecule has 26 heavy (non-hydrogen) atoms. The van der Waals surface area contributed by atoms with Crippen molar-refractivity contribution in [3.63, 3.8) is 0 Å². The molecule has 2 saturated heterocycles. The molecule has 1 aromatic rings. The molecule has 1 aromatic carbocycles. The van der Waals surface area contributed by atoms with Gasteiger partial charge in [0.15, 0.2) is 0 Å². The van der Waals surface area contributed by atoms with Crippen LogP contribution >= 0.6 is 0 Å². The molecule has 2 fully saturated rings. The zero-order chi connectivity index (χ0) is 18.9. The van der Waals surface area contributed by atoms with E-state index in [-0.39, 0.29) is 51.0 Å². The first-order valence-corrected chi connectivity index (χ1v) is 8.37. The molecule has 2 aliphatic rings. The molecule has 0 aliphatic carbocycles. The van der Waals surface area contributed by atoms with Crippen molar-refractivity contribution in [2.75, 3.05) is 44.2 Å². The number of carbonyl (C=O) groups is 2. The van der Waals surface area contributed by atoms with Gasteiger partial charge < -0.3 is 9.80 Å². The Kier molecular flexibility index (Phi) is 5.17. The highest BCUT2D eigenvalue weighted by atomic mass is 19.4. The number of halogens is 4. The van der Waals surface area contributed by atoms with Crippen LogP contribution in [0.4, 0.5) is 23.2 Å². The minimum absolute atomic E-state index is 0.0545. The molecule has 0 bridgehead atoms. The minimum atomic E-state index is -4.25. The zero-order valence-electron chi connectivity index (χ0n) is 14.0. The molecule has 0 aromatic heterocycles. The summed E-state index contributed by atoms with van der Waals surface area (Å²) in [5, 5.41) is 0. The van der Waals surface area contributed by atoms with Crippen molar-refractivity contribution in [1.29, 1.82) is 0 Å². The highest BCUT2D eigenvalue weighted by Gasteiger charge is 2.39. The maximum atomic E-state index is 13.0. The van der Waals surface area contributed by atoms with Crippen LogP contribution in [0.5, 0.6) is 0 Å². The second-order valence-electron chi connectivity index (χ2n) is 6.60. The molecule has 2 amide bonds. The second kappa shape index (κ2) is 7.22. The van der Waals surface area contributed by atoms with Gasteiger partial charge >= 0.3 is 6.18 Å². The summed E-state index contributed by atoms with van der Waals surface area (Å²) in [5.74, 6) is -1.37. The molecule has 0 spiro atoms. The lowest BCUT2D eigenvalue weighted by atomic mass is 10.1. The van der Waals surface area contributed by atoms with Gasteiger partial charge in [0, 0.05) is 44.8 Å². The lowest BCUT2D eigenvalue weighted by Gasteiger charge is -2.36. The largest absolute Gasteiger partial charge is 0.401 e. The van der Waals surface area contributed by atoms with Gasteiger partial charge in [0.1, 0.15) is 5.82 Å². The molecular weight excluding hydrogens is 354 g/mol. The third-order valence-electron chi connectivity index (χ3n) is 4.70. The Morgan fingerprint density at radius 2 is 1.69 bits per heavy atom. The van der Waals surface area contributed by atoms with Crippen molar-refractivity contribution in [3.05, 3.63) is 30.1 Å². The van der Waals surface area contributed by atoms with E-state index in [1.165, 1.54) is 39.0 Å². The highest BCUT2D eigenvalue weighted by molar-refractivity contribution is 6.00. The first-order chi connectivity index (χ1) is 12.2. The summed E-state index contributed by atoms with van der Waals surface area (Å²) >= 11 is 0. The van der Waals surface area contributed by atoms with E-state index in [9.17, 15) is 27.2 Å². The first kappa shape index (κ1) is 18.6. The molecule has 2 heterocycles. The van der Waals surface area contributed by atoms with Crippen molar-refractivity contribution in [1.82, 2.24) is 9.80 Å². The number of hydrogen-bond donors (Lipinski definition) is 0. The molecule has 142 valence electrons. The van der Waals surface area contributed by atoms with Crippen molar-refractivity contribution in [3.8, 4) is 0 Å². The molecule has 1 atom stereocenters. The molecule has 1 unspecified atom stereocenters. The molecule has 0 N–H and O–H groups in total. The van der Waals surface area contributed by atoms with E-state index in [2.05, 4.69) is 0 Å². The van der Waals surface area contributed by atoms with Crippen LogP contribution in [0.15, 0.2) is 24.3 Å². The maximum absolute atomic E-state index is 13.0. The number of amides is 2. The molecule has 5 nitrogen and oxygen atoms in total. The van der Waals surface area contributed by atoms with Gasteiger partial charge in [0.05, 0.1) is 12.5 Å².